The molecule has 1 aliphatic heterocycles. The zero-order chi connectivity index (χ0) is 15.7. The number of hydrogen-bond acceptors (Lipinski definition) is 5. The number of rotatable bonds is 9. The SMILES string of the molecule is CCOC(=O)C(CCN1CCCC(OCC)C1)NC(C)C. The monoisotopic (exact) mass is 300 g/mol. The van der Waals surface area contributed by atoms with Crippen molar-refractivity contribution in [3.05, 3.63) is 0 Å². The van der Waals surface area contributed by atoms with Crippen LogP contribution in [0.25, 0.3) is 0 Å². The van der Waals surface area contributed by atoms with Gasteiger partial charge in [0.15, 0.2) is 0 Å². The van der Waals surface area contributed by atoms with E-state index in [1.807, 2.05) is 13.8 Å². The first-order chi connectivity index (χ1) is 10.1. The predicted octanol–water partition coefficient (Wildman–Crippen LogP) is 1.81. The summed E-state index contributed by atoms with van der Waals surface area (Å²) in [5.41, 5.74) is 0. The summed E-state index contributed by atoms with van der Waals surface area (Å²) < 4.78 is 10.9. The van der Waals surface area contributed by atoms with Gasteiger partial charge >= 0.3 is 5.97 Å². The maximum atomic E-state index is 12.0. The highest BCUT2D eigenvalue weighted by Gasteiger charge is 2.24. The molecule has 1 aliphatic rings. The largest absolute Gasteiger partial charge is 0.465 e. The van der Waals surface area contributed by atoms with Crippen molar-refractivity contribution in [1.29, 1.82) is 0 Å². The average molecular weight is 300 g/mol. The predicted molar refractivity (Wildman–Crippen MR) is 84.4 cm³/mol. The number of carbonyl (C=O) groups is 1. The molecule has 0 bridgehead atoms. The molecule has 0 aromatic heterocycles. The molecule has 0 aromatic carbocycles. The maximum Gasteiger partial charge on any atom is 0.323 e. The third-order valence-electron chi connectivity index (χ3n) is 3.70. The Morgan fingerprint density at radius 2 is 2.10 bits per heavy atom. The first-order valence-corrected chi connectivity index (χ1v) is 8.33. The Bertz CT molecular complexity index is 295. The third kappa shape index (κ3) is 7.25. The van der Waals surface area contributed by atoms with Gasteiger partial charge in [0.1, 0.15) is 6.04 Å². The van der Waals surface area contributed by atoms with Crippen LogP contribution in [0.2, 0.25) is 0 Å². The highest BCUT2D eigenvalue weighted by molar-refractivity contribution is 5.75. The van der Waals surface area contributed by atoms with Gasteiger partial charge in [0.25, 0.3) is 0 Å². The fourth-order valence-corrected chi connectivity index (χ4v) is 2.81. The van der Waals surface area contributed by atoms with Crippen LogP contribution in [-0.2, 0) is 14.3 Å². The van der Waals surface area contributed by atoms with Crippen LogP contribution >= 0.6 is 0 Å². The summed E-state index contributed by atoms with van der Waals surface area (Å²) in [6, 6.07) is 0.0642. The maximum absolute atomic E-state index is 12.0. The fourth-order valence-electron chi connectivity index (χ4n) is 2.81. The molecule has 0 saturated carbocycles. The second-order valence-electron chi connectivity index (χ2n) is 5.93. The zero-order valence-corrected chi connectivity index (χ0v) is 14.1. The van der Waals surface area contributed by atoms with Gasteiger partial charge in [-0.3, -0.25) is 4.79 Å². The van der Waals surface area contributed by atoms with Crippen LogP contribution in [0.5, 0.6) is 0 Å². The minimum absolute atomic E-state index is 0.135. The van der Waals surface area contributed by atoms with Crippen molar-refractivity contribution in [2.75, 3.05) is 32.8 Å². The molecule has 5 nitrogen and oxygen atoms in total. The summed E-state index contributed by atoms with van der Waals surface area (Å²) >= 11 is 0. The van der Waals surface area contributed by atoms with Crippen LogP contribution in [-0.4, -0.2) is 61.9 Å². The molecular formula is C16H32N2O3. The van der Waals surface area contributed by atoms with E-state index < -0.39 is 0 Å². The van der Waals surface area contributed by atoms with E-state index in [-0.39, 0.29) is 18.1 Å². The zero-order valence-electron chi connectivity index (χ0n) is 14.1. The summed E-state index contributed by atoms with van der Waals surface area (Å²) in [6.45, 7) is 12.2. The number of carbonyl (C=O) groups excluding carboxylic acids is 1. The van der Waals surface area contributed by atoms with Gasteiger partial charge < -0.3 is 19.7 Å². The quantitative estimate of drug-likeness (QED) is 0.658. The molecule has 21 heavy (non-hydrogen) atoms. The van der Waals surface area contributed by atoms with Crippen molar-refractivity contribution < 1.29 is 14.3 Å². The van der Waals surface area contributed by atoms with Gasteiger partial charge in [-0.2, -0.15) is 0 Å². The molecule has 124 valence electrons. The Kier molecular flexibility index (Phi) is 8.88. The van der Waals surface area contributed by atoms with Crippen molar-refractivity contribution in [3.8, 4) is 0 Å². The lowest BCUT2D eigenvalue weighted by atomic mass is 10.1. The van der Waals surface area contributed by atoms with E-state index in [2.05, 4.69) is 24.1 Å². The van der Waals surface area contributed by atoms with E-state index in [9.17, 15) is 4.79 Å². The van der Waals surface area contributed by atoms with Crippen molar-refractivity contribution >= 4 is 5.97 Å². The standard InChI is InChI=1S/C16H32N2O3/c1-5-20-14-8-7-10-18(12-14)11-9-15(17-13(3)4)16(19)21-6-2/h13-15,17H,5-12H2,1-4H3. The summed E-state index contributed by atoms with van der Waals surface area (Å²) in [7, 11) is 0. The molecule has 5 heteroatoms. The number of piperidine rings is 1. The lowest BCUT2D eigenvalue weighted by Gasteiger charge is -2.33. The topological polar surface area (TPSA) is 50.8 Å². The van der Waals surface area contributed by atoms with Gasteiger partial charge in [-0.05, 0) is 39.7 Å². The molecule has 0 radical (unpaired) electrons. The third-order valence-corrected chi connectivity index (χ3v) is 3.70. The van der Waals surface area contributed by atoms with E-state index in [1.54, 1.807) is 0 Å². The van der Waals surface area contributed by atoms with Gasteiger partial charge in [0.2, 0.25) is 0 Å². The molecule has 0 amide bonds. The summed E-state index contributed by atoms with van der Waals surface area (Å²) in [6.07, 6.45) is 3.46. The molecule has 1 heterocycles. The molecule has 2 unspecified atom stereocenters. The Morgan fingerprint density at radius 1 is 1.33 bits per heavy atom. The fraction of sp³-hybridized carbons (Fsp3) is 0.938. The normalized spacial score (nSPS) is 21.5. The molecule has 0 aromatic rings. The lowest BCUT2D eigenvalue weighted by Crippen LogP contribution is -2.46. The number of esters is 1. The number of nitrogens with zero attached hydrogens (tertiary/aromatic N) is 1. The molecule has 0 spiro atoms. The van der Waals surface area contributed by atoms with Gasteiger partial charge in [0.05, 0.1) is 12.7 Å². The van der Waals surface area contributed by atoms with Crippen LogP contribution in [0.4, 0.5) is 0 Å². The first-order valence-electron chi connectivity index (χ1n) is 8.33. The minimum Gasteiger partial charge on any atom is -0.465 e. The molecule has 1 fully saturated rings. The lowest BCUT2D eigenvalue weighted by molar-refractivity contribution is -0.146. The Balaban J connectivity index is 2.42. The summed E-state index contributed by atoms with van der Waals surface area (Å²) in [5.74, 6) is -0.135. The van der Waals surface area contributed by atoms with Crippen molar-refractivity contribution in [2.24, 2.45) is 0 Å². The summed E-state index contributed by atoms with van der Waals surface area (Å²) in [5, 5.41) is 3.31. The van der Waals surface area contributed by atoms with Crippen LogP contribution in [0.15, 0.2) is 0 Å². The number of hydrogen-bond donors (Lipinski definition) is 1. The van der Waals surface area contributed by atoms with Crippen LogP contribution < -0.4 is 5.32 Å². The number of ether oxygens (including phenoxy) is 2. The van der Waals surface area contributed by atoms with Crippen LogP contribution in [0.1, 0.15) is 47.0 Å². The van der Waals surface area contributed by atoms with Gasteiger partial charge in [-0.25, -0.2) is 0 Å². The second kappa shape index (κ2) is 10.1. The molecule has 1 saturated heterocycles. The van der Waals surface area contributed by atoms with Crippen LogP contribution in [0.3, 0.4) is 0 Å². The highest BCUT2D eigenvalue weighted by Crippen LogP contribution is 2.14. The van der Waals surface area contributed by atoms with Gasteiger partial charge in [-0.1, -0.05) is 13.8 Å². The Hall–Kier alpha value is -0.650. The first kappa shape index (κ1) is 18.4. The Morgan fingerprint density at radius 3 is 2.71 bits per heavy atom. The van der Waals surface area contributed by atoms with E-state index in [0.29, 0.717) is 12.7 Å². The van der Waals surface area contributed by atoms with Crippen LogP contribution in [0, 0.1) is 0 Å². The van der Waals surface area contributed by atoms with Gasteiger partial charge in [-0.15, -0.1) is 0 Å². The number of likely N-dealkylation sites (tertiary alicyclic amines) is 1. The van der Waals surface area contributed by atoms with E-state index in [1.165, 1.54) is 6.42 Å². The second-order valence-corrected chi connectivity index (χ2v) is 5.93. The molecular weight excluding hydrogens is 268 g/mol. The molecule has 1 rings (SSSR count). The van der Waals surface area contributed by atoms with Crippen molar-refractivity contribution in [1.82, 2.24) is 10.2 Å². The van der Waals surface area contributed by atoms with Crippen molar-refractivity contribution in [3.63, 3.8) is 0 Å². The molecule has 2 atom stereocenters. The highest BCUT2D eigenvalue weighted by atomic mass is 16.5. The van der Waals surface area contributed by atoms with Gasteiger partial charge in [0, 0.05) is 25.7 Å². The minimum atomic E-state index is -0.211. The summed E-state index contributed by atoms with van der Waals surface area (Å²) in [4.78, 5) is 14.4. The smallest absolute Gasteiger partial charge is 0.323 e. The molecule has 0 aliphatic carbocycles. The van der Waals surface area contributed by atoms with Crippen molar-refractivity contribution in [2.45, 2.75) is 65.1 Å². The van der Waals surface area contributed by atoms with E-state index >= 15 is 0 Å². The number of nitrogens with one attached hydrogen (secondary N) is 1. The Labute approximate surface area is 129 Å². The van der Waals surface area contributed by atoms with E-state index in [0.717, 1.165) is 39.1 Å². The van der Waals surface area contributed by atoms with E-state index in [4.69, 9.17) is 9.47 Å². The molecule has 1 N–H and O–H groups in total. The average Bonchev–Trinajstić information content (AvgIpc) is 2.44.